The lowest BCUT2D eigenvalue weighted by Gasteiger charge is -2.09. The quantitative estimate of drug-likeness (QED) is 0.241. The van der Waals surface area contributed by atoms with Gasteiger partial charge in [-0.05, 0) is 0 Å². The predicted molar refractivity (Wildman–Crippen MR) is 36.1 cm³/mol. The minimum Gasteiger partial charge on any atom is -0.479 e. The number of carbonyl (C=O) groups is 2. The van der Waals surface area contributed by atoms with Gasteiger partial charge >= 0.3 is 12.0 Å². The van der Waals surface area contributed by atoms with Gasteiger partial charge < -0.3 is 21.9 Å². The second kappa shape index (κ2) is 3.40. The van der Waals surface area contributed by atoms with E-state index in [0.29, 0.717) is 0 Å². The summed E-state index contributed by atoms with van der Waals surface area (Å²) >= 11 is 0. The maximum absolute atomic E-state index is 10.2. The maximum Gasteiger partial charge on any atom is 0.334 e. The van der Waals surface area contributed by atoms with Crippen molar-refractivity contribution in [1.29, 1.82) is 5.41 Å². The molecule has 0 saturated carbocycles. The van der Waals surface area contributed by atoms with Gasteiger partial charge in [-0.2, -0.15) is 0 Å². The summed E-state index contributed by atoms with van der Waals surface area (Å²) in [5, 5.41) is 16.8. The van der Waals surface area contributed by atoms with E-state index in [1.165, 1.54) is 0 Å². The molecule has 0 fully saturated rings. The first-order valence-electron chi connectivity index (χ1n) is 2.58. The highest BCUT2D eigenvalue weighted by Gasteiger charge is 2.21. The zero-order valence-electron chi connectivity index (χ0n) is 5.50. The van der Waals surface area contributed by atoms with E-state index in [2.05, 4.69) is 5.73 Å². The lowest BCUT2D eigenvalue weighted by molar-refractivity contribution is -0.137. The van der Waals surface area contributed by atoms with Gasteiger partial charge in [-0.25, -0.2) is 9.59 Å². The number of carboxylic acid groups (broad SMARTS) is 1. The molecule has 0 aliphatic heterocycles. The number of aliphatic carboxylic acids is 1. The molecule has 0 aliphatic carbocycles. The number of primary amides is 1. The van der Waals surface area contributed by atoms with E-state index in [1.807, 2.05) is 0 Å². The third-order valence-corrected chi connectivity index (χ3v) is 0.845. The number of urea groups is 1. The van der Waals surface area contributed by atoms with Crippen molar-refractivity contribution < 1.29 is 14.7 Å². The Balaban J connectivity index is 4.23. The van der Waals surface area contributed by atoms with Crippen LogP contribution in [-0.4, -0.2) is 29.0 Å². The number of carboxylic acids is 1. The lowest BCUT2D eigenvalue weighted by atomic mass is 10.3. The topological polar surface area (TPSA) is 142 Å². The Labute approximate surface area is 61.9 Å². The molecule has 2 amide bonds. The first-order chi connectivity index (χ1) is 4.95. The van der Waals surface area contributed by atoms with Gasteiger partial charge in [0.15, 0.2) is 6.04 Å². The van der Waals surface area contributed by atoms with E-state index in [4.69, 9.17) is 16.2 Å². The SMILES string of the molecule is N=C(N)C(NC(N)=O)C(=O)O. The van der Waals surface area contributed by atoms with E-state index in [9.17, 15) is 9.59 Å². The Hall–Kier alpha value is -1.79. The average Bonchev–Trinajstić information content (AvgIpc) is 1.81. The molecule has 7 nitrogen and oxygen atoms in total. The molecule has 0 aromatic heterocycles. The highest BCUT2D eigenvalue weighted by Crippen LogP contribution is 1.81. The number of hydrogen-bond donors (Lipinski definition) is 5. The van der Waals surface area contributed by atoms with Gasteiger partial charge in [0, 0.05) is 0 Å². The minimum absolute atomic E-state index is 0.670. The lowest BCUT2D eigenvalue weighted by Crippen LogP contribution is -2.51. The van der Waals surface area contributed by atoms with E-state index in [-0.39, 0.29) is 0 Å². The normalized spacial score (nSPS) is 11.6. The molecule has 0 bridgehead atoms. The zero-order chi connectivity index (χ0) is 9.02. The van der Waals surface area contributed by atoms with E-state index >= 15 is 0 Å². The highest BCUT2D eigenvalue weighted by molar-refractivity contribution is 6.04. The number of rotatable bonds is 3. The Bertz CT molecular complexity index is 188. The molecule has 0 saturated heterocycles. The molecular formula is C4H8N4O3. The monoisotopic (exact) mass is 160 g/mol. The fraction of sp³-hybridized carbons (Fsp3) is 0.250. The first kappa shape index (κ1) is 9.21. The number of hydrogen-bond acceptors (Lipinski definition) is 3. The van der Waals surface area contributed by atoms with Crippen LogP contribution in [-0.2, 0) is 4.79 Å². The third kappa shape index (κ3) is 3.04. The molecule has 1 atom stereocenters. The van der Waals surface area contributed by atoms with Crippen LogP contribution in [0.4, 0.5) is 4.79 Å². The van der Waals surface area contributed by atoms with Crippen molar-refractivity contribution in [3.63, 3.8) is 0 Å². The molecule has 7 N–H and O–H groups in total. The van der Waals surface area contributed by atoms with Crippen molar-refractivity contribution in [1.82, 2.24) is 5.32 Å². The van der Waals surface area contributed by atoms with Crippen LogP contribution in [0.1, 0.15) is 0 Å². The van der Waals surface area contributed by atoms with Crippen molar-refractivity contribution in [2.45, 2.75) is 6.04 Å². The third-order valence-electron chi connectivity index (χ3n) is 0.845. The van der Waals surface area contributed by atoms with Crippen LogP contribution in [0.15, 0.2) is 0 Å². The number of nitrogens with one attached hydrogen (secondary N) is 2. The summed E-state index contributed by atoms with van der Waals surface area (Å²) in [6.07, 6.45) is 0. The van der Waals surface area contributed by atoms with Crippen molar-refractivity contribution in [2.24, 2.45) is 11.5 Å². The van der Waals surface area contributed by atoms with Crippen LogP contribution in [0.3, 0.4) is 0 Å². The summed E-state index contributed by atoms with van der Waals surface area (Å²) in [5.41, 5.74) is 9.42. The van der Waals surface area contributed by atoms with E-state index in [1.54, 1.807) is 5.32 Å². The Morgan fingerprint density at radius 1 is 1.45 bits per heavy atom. The van der Waals surface area contributed by atoms with Gasteiger partial charge in [0.2, 0.25) is 0 Å². The molecule has 0 aliphatic rings. The molecular weight excluding hydrogens is 152 g/mol. The molecule has 0 radical (unpaired) electrons. The molecule has 0 rings (SSSR count). The van der Waals surface area contributed by atoms with Gasteiger partial charge in [0.25, 0.3) is 0 Å². The van der Waals surface area contributed by atoms with Crippen molar-refractivity contribution in [3.05, 3.63) is 0 Å². The van der Waals surface area contributed by atoms with Crippen molar-refractivity contribution in [2.75, 3.05) is 0 Å². The molecule has 0 aromatic rings. The Morgan fingerprint density at radius 2 is 1.91 bits per heavy atom. The largest absolute Gasteiger partial charge is 0.479 e. The van der Waals surface area contributed by atoms with Crippen LogP contribution >= 0.6 is 0 Å². The summed E-state index contributed by atoms with van der Waals surface area (Å²) in [6, 6.07) is -2.57. The van der Waals surface area contributed by atoms with E-state index < -0.39 is 23.9 Å². The zero-order valence-corrected chi connectivity index (χ0v) is 5.50. The van der Waals surface area contributed by atoms with Gasteiger partial charge in [-0.3, -0.25) is 5.41 Å². The smallest absolute Gasteiger partial charge is 0.334 e. The van der Waals surface area contributed by atoms with Gasteiger partial charge in [0.05, 0.1) is 0 Å². The van der Waals surface area contributed by atoms with Crippen molar-refractivity contribution in [3.8, 4) is 0 Å². The number of nitrogens with two attached hydrogens (primary N) is 2. The average molecular weight is 160 g/mol. The van der Waals surface area contributed by atoms with E-state index in [0.717, 1.165) is 0 Å². The number of amides is 2. The van der Waals surface area contributed by atoms with Gasteiger partial charge in [-0.15, -0.1) is 0 Å². The number of amidine groups is 1. The molecule has 0 heterocycles. The molecule has 0 spiro atoms. The van der Waals surface area contributed by atoms with Crippen LogP contribution in [0.25, 0.3) is 0 Å². The second-order valence-electron chi connectivity index (χ2n) is 1.74. The van der Waals surface area contributed by atoms with Crippen LogP contribution < -0.4 is 16.8 Å². The molecule has 0 aromatic carbocycles. The highest BCUT2D eigenvalue weighted by atomic mass is 16.4. The predicted octanol–water partition coefficient (Wildman–Crippen LogP) is -1.96. The maximum atomic E-state index is 10.2. The summed E-state index contributed by atoms with van der Waals surface area (Å²) in [4.78, 5) is 20.3. The second-order valence-corrected chi connectivity index (χ2v) is 1.74. The summed E-state index contributed by atoms with van der Waals surface area (Å²) < 4.78 is 0. The van der Waals surface area contributed by atoms with Gasteiger partial charge in [0.1, 0.15) is 5.84 Å². The van der Waals surface area contributed by atoms with Crippen molar-refractivity contribution >= 4 is 17.8 Å². The molecule has 62 valence electrons. The van der Waals surface area contributed by atoms with Crippen LogP contribution in [0.5, 0.6) is 0 Å². The number of carbonyl (C=O) groups excluding carboxylic acids is 1. The molecule has 7 heteroatoms. The summed E-state index contributed by atoms with van der Waals surface area (Å²) in [6.45, 7) is 0. The minimum atomic E-state index is -1.53. The van der Waals surface area contributed by atoms with Gasteiger partial charge in [-0.1, -0.05) is 0 Å². The fourth-order valence-corrected chi connectivity index (χ4v) is 0.415. The first-order valence-corrected chi connectivity index (χ1v) is 2.58. The Kier molecular flexibility index (Phi) is 2.84. The van der Waals surface area contributed by atoms with Crippen LogP contribution in [0.2, 0.25) is 0 Å². The summed E-state index contributed by atoms with van der Waals surface area (Å²) in [7, 11) is 0. The summed E-state index contributed by atoms with van der Waals surface area (Å²) in [5.74, 6) is -2.09. The standard InChI is InChI=1S/C4H8N4O3/c5-2(6)1(3(9)10)8-4(7)11/h1H,(H3,5,6)(H,9,10)(H3,7,8,11). The molecule has 11 heavy (non-hydrogen) atoms. The molecule has 1 unspecified atom stereocenters. The van der Waals surface area contributed by atoms with Crippen LogP contribution in [0, 0.1) is 5.41 Å². The fourth-order valence-electron chi connectivity index (χ4n) is 0.415. The Morgan fingerprint density at radius 3 is 2.00 bits per heavy atom.